The minimum absolute atomic E-state index is 0.0134. The lowest BCUT2D eigenvalue weighted by molar-refractivity contribution is -0.260. The number of aromatic nitrogens is 2. The Hall–Kier alpha value is -2.61. The van der Waals surface area contributed by atoms with E-state index in [-0.39, 0.29) is 25.2 Å². The summed E-state index contributed by atoms with van der Waals surface area (Å²) in [5, 5.41) is 12.4. The van der Waals surface area contributed by atoms with Crippen molar-refractivity contribution < 1.29 is 19.0 Å². The van der Waals surface area contributed by atoms with Gasteiger partial charge < -0.3 is 19.1 Å². The monoisotopic (exact) mass is 396 g/mol. The molecule has 2 aliphatic heterocycles. The van der Waals surface area contributed by atoms with Crippen LogP contribution in [0.5, 0.6) is 0 Å². The van der Waals surface area contributed by atoms with E-state index in [1.165, 1.54) is 0 Å². The van der Waals surface area contributed by atoms with Gasteiger partial charge in [0.2, 0.25) is 0 Å². The van der Waals surface area contributed by atoms with Crippen LogP contribution in [0, 0.1) is 0 Å². The number of aliphatic hydroxyl groups is 1. The standard InChI is InChI=1S/C22H21FN2O4/c1-2-22(27)16-10-18-19-14(9-13-5-3-4-6-17(13)24-19)11-25(18)20(26)15(16)12-29-21(22)28-8-7-23/h3-6,9-10,21,27H,2,7-8,11-12H2,1H3/t21-,22+/m1/s1. The lowest BCUT2D eigenvalue weighted by atomic mass is 9.85. The van der Waals surface area contributed by atoms with Crippen molar-refractivity contribution in [3.8, 4) is 11.4 Å². The molecule has 0 saturated carbocycles. The van der Waals surface area contributed by atoms with Gasteiger partial charge in [0, 0.05) is 22.1 Å². The summed E-state index contributed by atoms with van der Waals surface area (Å²) in [6, 6.07) is 11.7. The molecule has 150 valence electrons. The molecule has 0 amide bonds. The highest BCUT2D eigenvalue weighted by atomic mass is 19.1. The van der Waals surface area contributed by atoms with Crippen molar-refractivity contribution in [3.05, 3.63) is 63.4 Å². The SMILES string of the molecule is CC[C@]1(O)c2cc3n(c(=O)c2CO[C@H]1OCCF)Cc1cc2ccccc2nc1-3. The second kappa shape index (κ2) is 6.73. The van der Waals surface area contributed by atoms with E-state index in [0.717, 1.165) is 22.2 Å². The van der Waals surface area contributed by atoms with E-state index in [9.17, 15) is 14.3 Å². The number of hydrogen-bond acceptors (Lipinski definition) is 5. The van der Waals surface area contributed by atoms with Gasteiger partial charge in [-0.25, -0.2) is 9.37 Å². The molecule has 29 heavy (non-hydrogen) atoms. The van der Waals surface area contributed by atoms with Gasteiger partial charge in [0.1, 0.15) is 12.3 Å². The van der Waals surface area contributed by atoms with Crippen molar-refractivity contribution >= 4 is 10.9 Å². The number of rotatable bonds is 4. The van der Waals surface area contributed by atoms with E-state index < -0.39 is 18.6 Å². The zero-order valence-corrected chi connectivity index (χ0v) is 16.0. The smallest absolute Gasteiger partial charge is 0.257 e. The van der Waals surface area contributed by atoms with Crippen LogP contribution in [-0.2, 0) is 28.2 Å². The number of pyridine rings is 2. The van der Waals surface area contributed by atoms with Crippen LogP contribution in [0.1, 0.15) is 30.0 Å². The molecule has 4 heterocycles. The fraction of sp³-hybridized carbons (Fsp3) is 0.364. The summed E-state index contributed by atoms with van der Waals surface area (Å²) in [5.74, 6) is 0. The first-order valence-corrected chi connectivity index (χ1v) is 9.74. The maximum atomic E-state index is 13.2. The summed E-state index contributed by atoms with van der Waals surface area (Å²) in [4.78, 5) is 18.0. The highest BCUT2D eigenvalue weighted by Crippen LogP contribution is 2.41. The van der Waals surface area contributed by atoms with Crippen molar-refractivity contribution in [2.45, 2.75) is 38.4 Å². The molecule has 6 nitrogen and oxygen atoms in total. The van der Waals surface area contributed by atoms with Crippen molar-refractivity contribution in [2.75, 3.05) is 13.3 Å². The molecular weight excluding hydrogens is 375 g/mol. The Morgan fingerprint density at radius 1 is 1.38 bits per heavy atom. The van der Waals surface area contributed by atoms with Crippen LogP contribution in [0.25, 0.3) is 22.3 Å². The van der Waals surface area contributed by atoms with Crippen LogP contribution < -0.4 is 5.56 Å². The van der Waals surface area contributed by atoms with E-state index in [4.69, 9.17) is 14.5 Å². The molecule has 7 heteroatoms. The van der Waals surface area contributed by atoms with E-state index in [2.05, 4.69) is 6.07 Å². The third-order valence-electron chi connectivity index (χ3n) is 5.90. The molecule has 2 aromatic heterocycles. The van der Waals surface area contributed by atoms with Crippen LogP contribution >= 0.6 is 0 Å². The van der Waals surface area contributed by atoms with Gasteiger partial charge in [-0.05, 0) is 24.6 Å². The van der Waals surface area contributed by atoms with Crippen molar-refractivity contribution in [1.29, 1.82) is 0 Å². The minimum atomic E-state index is -1.53. The first-order valence-electron chi connectivity index (χ1n) is 9.74. The number of fused-ring (bicyclic) bond motifs is 5. The fourth-order valence-electron chi connectivity index (χ4n) is 4.36. The number of ether oxygens (including phenoxy) is 2. The van der Waals surface area contributed by atoms with Crippen LogP contribution in [0.4, 0.5) is 4.39 Å². The van der Waals surface area contributed by atoms with Gasteiger partial charge in [0.05, 0.1) is 36.7 Å². The largest absolute Gasteiger partial charge is 0.380 e. The predicted octanol–water partition coefficient (Wildman–Crippen LogP) is 2.87. The lowest BCUT2D eigenvalue weighted by Gasteiger charge is -2.40. The second-order valence-corrected chi connectivity index (χ2v) is 7.48. The molecule has 0 saturated heterocycles. The van der Waals surface area contributed by atoms with E-state index >= 15 is 0 Å². The summed E-state index contributed by atoms with van der Waals surface area (Å²) >= 11 is 0. The minimum Gasteiger partial charge on any atom is -0.380 e. The van der Waals surface area contributed by atoms with Crippen LogP contribution in [0.15, 0.2) is 41.2 Å². The summed E-state index contributed by atoms with van der Waals surface area (Å²) < 4.78 is 25.3. The molecule has 0 spiro atoms. The molecule has 0 radical (unpaired) electrons. The van der Waals surface area contributed by atoms with Crippen molar-refractivity contribution in [3.63, 3.8) is 0 Å². The van der Waals surface area contributed by atoms with Crippen molar-refractivity contribution in [1.82, 2.24) is 9.55 Å². The topological polar surface area (TPSA) is 73.6 Å². The van der Waals surface area contributed by atoms with Crippen molar-refractivity contribution in [2.24, 2.45) is 0 Å². The molecule has 1 aromatic carbocycles. The highest BCUT2D eigenvalue weighted by Gasteiger charge is 2.45. The molecule has 1 N–H and O–H groups in total. The second-order valence-electron chi connectivity index (χ2n) is 7.48. The van der Waals surface area contributed by atoms with Gasteiger partial charge in [0.25, 0.3) is 5.56 Å². The molecule has 3 aromatic rings. The zero-order chi connectivity index (χ0) is 20.2. The summed E-state index contributed by atoms with van der Waals surface area (Å²) in [7, 11) is 0. The van der Waals surface area contributed by atoms with Gasteiger partial charge >= 0.3 is 0 Å². The van der Waals surface area contributed by atoms with E-state index in [0.29, 0.717) is 23.4 Å². The Bertz CT molecular complexity index is 1180. The van der Waals surface area contributed by atoms with E-state index in [1.807, 2.05) is 30.3 Å². The number of nitrogens with zero attached hydrogens (tertiary/aromatic N) is 2. The summed E-state index contributed by atoms with van der Waals surface area (Å²) in [6.45, 7) is 1.38. The Kier molecular flexibility index (Phi) is 4.27. The molecule has 0 aliphatic carbocycles. The van der Waals surface area contributed by atoms with Crippen LogP contribution in [-0.4, -0.2) is 34.2 Å². The normalized spacial score (nSPS) is 22.4. The average Bonchev–Trinajstić information content (AvgIpc) is 3.10. The van der Waals surface area contributed by atoms with Gasteiger partial charge in [-0.1, -0.05) is 25.1 Å². The van der Waals surface area contributed by atoms with Gasteiger partial charge in [-0.2, -0.15) is 0 Å². The van der Waals surface area contributed by atoms with Crippen LogP contribution in [0.3, 0.4) is 0 Å². The first-order chi connectivity index (χ1) is 14.1. The first kappa shape index (κ1) is 18.4. The van der Waals surface area contributed by atoms with Gasteiger partial charge in [-0.3, -0.25) is 4.79 Å². The van der Waals surface area contributed by atoms with E-state index in [1.54, 1.807) is 11.5 Å². The quantitative estimate of drug-likeness (QED) is 0.574. The predicted molar refractivity (Wildman–Crippen MR) is 105 cm³/mol. The number of benzene rings is 1. The number of hydrogen-bond donors (Lipinski definition) is 1. The Morgan fingerprint density at radius 3 is 3.00 bits per heavy atom. The summed E-state index contributed by atoms with van der Waals surface area (Å²) in [5.41, 5.74) is 2.40. The Morgan fingerprint density at radius 2 is 2.21 bits per heavy atom. The average molecular weight is 396 g/mol. The maximum absolute atomic E-state index is 13.2. The molecule has 0 unspecified atom stereocenters. The molecular formula is C22H21FN2O4. The highest BCUT2D eigenvalue weighted by molar-refractivity contribution is 5.84. The molecule has 0 fully saturated rings. The van der Waals surface area contributed by atoms with Crippen LogP contribution in [0.2, 0.25) is 0 Å². The maximum Gasteiger partial charge on any atom is 0.257 e. The molecule has 2 atom stereocenters. The molecule has 0 bridgehead atoms. The number of para-hydroxylation sites is 1. The van der Waals surface area contributed by atoms with Gasteiger partial charge in [-0.15, -0.1) is 0 Å². The zero-order valence-electron chi connectivity index (χ0n) is 16.0. The fourth-order valence-corrected chi connectivity index (χ4v) is 4.36. The molecule has 5 rings (SSSR count). The lowest BCUT2D eigenvalue weighted by Crippen LogP contribution is -2.49. The Labute approximate surface area is 166 Å². The summed E-state index contributed by atoms with van der Waals surface area (Å²) in [6.07, 6.45) is -0.763. The third-order valence-corrected chi connectivity index (χ3v) is 5.90. The van der Waals surface area contributed by atoms with Gasteiger partial charge in [0.15, 0.2) is 6.29 Å². The Balaban J connectivity index is 1.70. The number of alkyl halides is 1. The third kappa shape index (κ3) is 2.65. The molecule has 2 aliphatic rings. The number of halogens is 1.